The van der Waals surface area contributed by atoms with E-state index in [1.165, 1.54) is 0 Å². The van der Waals surface area contributed by atoms with Crippen molar-refractivity contribution >= 4 is 11.6 Å². The maximum absolute atomic E-state index is 9.30. The number of ether oxygens (including phenoxy) is 1. The summed E-state index contributed by atoms with van der Waals surface area (Å²) < 4.78 is 5.12. The summed E-state index contributed by atoms with van der Waals surface area (Å²) in [7, 11) is 1.64. The average molecular weight is 272 g/mol. The SMILES string of the molecule is COc1ccc(CC(C#N)c2ccc(Cl)cc2)cc1. The Morgan fingerprint density at radius 2 is 1.74 bits per heavy atom. The molecule has 2 aromatic carbocycles. The van der Waals surface area contributed by atoms with E-state index in [2.05, 4.69) is 6.07 Å². The third-order valence-corrected chi connectivity index (χ3v) is 3.28. The van der Waals surface area contributed by atoms with Crippen molar-refractivity contribution in [2.45, 2.75) is 12.3 Å². The lowest BCUT2D eigenvalue weighted by atomic mass is 9.93. The van der Waals surface area contributed by atoms with E-state index in [0.29, 0.717) is 11.4 Å². The minimum Gasteiger partial charge on any atom is -0.497 e. The zero-order valence-electron chi connectivity index (χ0n) is 10.6. The summed E-state index contributed by atoms with van der Waals surface area (Å²) in [5.74, 6) is 0.661. The van der Waals surface area contributed by atoms with Gasteiger partial charge in [0, 0.05) is 5.02 Å². The fraction of sp³-hybridized carbons (Fsp3) is 0.188. The molecular weight excluding hydrogens is 258 g/mol. The highest BCUT2D eigenvalue weighted by molar-refractivity contribution is 6.30. The molecule has 0 aromatic heterocycles. The van der Waals surface area contributed by atoms with Gasteiger partial charge in [0.2, 0.25) is 0 Å². The second-order valence-electron chi connectivity index (χ2n) is 4.29. The van der Waals surface area contributed by atoms with E-state index in [1.807, 2.05) is 48.5 Å². The molecule has 96 valence electrons. The molecule has 1 atom stereocenters. The van der Waals surface area contributed by atoms with Gasteiger partial charge in [-0.3, -0.25) is 0 Å². The minimum atomic E-state index is -0.161. The van der Waals surface area contributed by atoms with Crippen LogP contribution in [0.3, 0.4) is 0 Å². The Bertz CT molecular complexity index is 569. The summed E-state index contributed by atoms with van der Waals surface area (Å²) in [5.41, 5.74) is 2.10. The molecule has 3 heteroatoms. The van der Waals surface area contributed by atoms with E-state index in [4.69, 9.17) is 16.3 Å². The Kier molecular flexibility index (Phi) is 4.43. The van der Waals surface area contributed by atoms with Crippen LogP contribution in [0.25, 0.3) is 0 Å². The Hall–Kier alpha value is -1.98. The highest BCUT2D eigenvalue weighted by Crippen LogP contribution is 2.23. The van der Waals surface area contributed by atoms with Gasteiger partial charge in [0.25, 0.3) is 0 Å². The number of rotatable bonds is 4. The van der Waals surface area contributed by atoms with Gasteiger partial charge in [-0.05, 0) is 41.8 Å². The normalized spacial score (nSPS) is 11.6. The highest BCUT2D eigenvalue weighted by atomic mass is 35.5. The van der Waals surface area contributed by atoms with Crippen LogP contribution in [0.2, 0.25) is 5.02 Å². The first kappa shape index (κ1) is 13.5. The second kappa shape index (κ2) is 6.26. The van der Waals surface area contributed by atoms with Crippen LogP contribution < -0.4 is 4.74 Å². The zero-order valence-corrected chi connectivity index (χ0v) is 11.4. The monoisotopic (exact) mass is 271 g/mol. The Labute approximate surface area is 118 Å². The van der Waals surface area contributed by atoms with Crippen molar-refractivity contribution < 1.29 is 4.74 Å². The lowest BCUT2D eigenvalue weighted by Crippen LogP contribution is -2.00. The maximum Gasteiger partial charge on any atom is 0.118 e. The molecule has 0 bridgehead atoms. The number of halogens is 1. The first-order valence-electron chi connectivity index (χ1n) is 6.01. The number of methoxy groups -OCH3 is 1. The molecule has 0 spiro atoms. The predicted octanol–water partition coefficient (Wildman–Crippen LogP) is 4.20. The van der Waals surface area contributed by atoms with Crippen LogP contribution in [0, 0.1) is 11.3 Å². The van der Waals surface area contributed by atoms with E-state index in [9.17, 15) is 5.26 Å². The molecule has 2 rings (SSSR count). The van der Waals surface area contributed by atoms with E-state index >= 15 is 0 Å². The van der Waals surface area contributed by atoms with Gasteiger partial charge in [-0.1, -0.05) is 35.9 Å². The van der Waals surface area contributed by atoms with Crippen LogP contribution in [0.4, 0.5) is 0 Å². The molecule has 0 N–H and O–H groups in total. The van der Waals surface area contributed by atoms with E-state index < -0.39 is 0 Å². The van der Waals surface area contributed by atoms with E-state index in [-0.39, 0.29) is 5.92 Å². The summed E-state index contributed by atoms with van der Waals surface area (Å²) in [5, 5.41) is 9.99. The van der Waals surface area contributed by atoms with Gasteiger partial charge in [0.15, 0.2) is 0 Å². The molecule has 0 heterocycles. The molecule has 0 saturated heterocycles. The third-order valence-electron chi connectivity index (χ3n) is 3.03. The van der Waals surface area contributed by atoms with Gasteiger partial charge >= 0.3 is 0 Å². The summed E-state index contributed by atoms with van der Waals surface area (Å²) in [6.45, 7) is 0. The number of nitrogens with zero attached hydrogens (tertiary/aromatic N) is 1. The molecule has 2 nitrogen and oxygen atoms in total. The summed E-state index contributed by atoms with van der Waals surface area (Å²) in [6.07, 6.45) is 0.683. The smallest absolute Gasteiger partial charge is 0.118 e. The standard InChI is InChI=1S/C16H14ClNO/c1-19-16-8-2-12(3-9-16)10-14(11-18)13-4-6-15(17)7-5-13/h2-9,14H,10H2,1H3. The van der Waals surface area contributed by atoms with Crippen LogP contribution in [0.5, 0.6) is 5.75 Å². The molecule has 0 aliphatic carbocycles. The Morgan fingerprint density at radius 3 is 2.26 bits per heavy atom. The predicted molar refractivity (Wildman–Crippen MR) is 76.5 cm³/mol. The van der Waals surface area contributed by atoms with Crippen molar-refractivity contribution in [1.29, 1.82) is 5.26 Å². The van der Waals surface area contributed by atoms with E-state index in [0.717, 1.165) is 16.9 Å². The Morgan fingerprint density at radius 1 is 1.11 bits per heavy atom. The topological polar surface area (TPSA) is 33.0 Å². The van der Waals surface area contributed by atoms with E-state index in [1.54, 1.807) is 7.11 Å². The van der Waals surface area contributed by atoms with Crippen LogP contribution in [0.1, 0.15) is 17.0 Å². The average Bonchev–Trinajstić information content (AvgIpc) is 2.46. The second-order valence-corrected chi connectivity index (χ2v) is 4.72. The lowest BCUT2D eigenvalue weighted by molar-refractivity contribution is 0.414. The summed E-state index contributed by atoms with van der Waals surface area (Å²) >= 11 is 5.86. The fourth-order valence-electron chi connectivity index (χ4n) is 1.93. The largest absolute Gasteiger partial charge is 0.497 e. The molecule has 19 heavy (non-hydrogen) atoms. The first-order valence-corrected chi connectivity index (χ1v) is 6.38. The van der Waals surface area contributed by atoms with Crippen LogP contribution in [0.15, 0.2) is 48.5 Å². The molecule has 1 unspecified atom stereocenters. The fourth-order valence-corrected chi connectivity index (χ4v) is 2.06. The van der Waals surface area contributed by atoms with Crippen LogP contribution >= 0.6 is 11.6 Å². The van der Waals surface area contributed by atoms with Crippen molar-refractivity contribution in [1.82, 2.24) is 0 Å². The number of hydrogen-bond acceptors (Lipinski definition) is 2. The molecule has 0 aliphatic heterocycles. The quantitative estimate of drug-likeness (QED) is 0.835. The zero-order chi connectivity index (χ0) is 13.7. The maximum atomic E-state index is 9.30. The number of hydrogen-bond donors (Lipinski definition) is 0. The van der Waals surface area contributed by atoms with Crippen molar-refractivity contribution in [3.8, 4) is 11.8 Å². The van der Waals surface area contributed by atoms with Crippen molar-refractivity contribution in [2.24, 2.45) is 0 Å². The van der Waals surface area contributed by atoms with Gasteiger partial charge in [-0.25, -0.2) is 0 Å². The van der Waals surface area contributed by atoms with Gasteiger partial charge in [-0.15, -0.1) is 0 Å². The molecule has 0 fully saturated rings. The molecule has 0 aliphatic rings. The van der Waals surface area contributed by atoms with Gasteiger partial charge in [0.1, 0.15) is 5.75 Å². The van der Waals surface area contributed by atoms with Crippen molar-refractivity contribution in [3.05, 3.63) is 64.7 Å². The summed E-state index contributed by atoms with van der Waals surface area (Å²) in [6, 6.07) is 17.6. The summed E-state index contributed by atoms with van der Waals surface area (Å²) in [4.78, 5) is 0. The van der Waals surface area contributed by atoms with Crippen LogP contribution in [-0.4, -0.2) is 7.11 Å². The molecule has 0 saturated carbocycles. The van der Waals surface area contributed by atoms with Gasteiger partial charge in [0.05, 0.1) is 19.1 Å². The Balaban J connectivity index is 2.14. The van der Waals surface area contributed by atoms with Crippen molar-refractivity contribution in [2.75, 3.05) is 7.11 Å². The third kappa shape index (κ3) is 3.49. The number of benzene rings is 2. The number of nitriles is 1. The van der Waals surface area contributed by atoms with Crippen LogP contribution in [-0.2, 0) is 6.42 Å². The van der Waals surface area contributed by atoms with Gasteiger partial charge < -0.3 is 4.74 Å². The first-order chi connectivity index (χ1) is 9.22. The minimum absolute atomic E-state index is 0.161. The molecule has 0 radical (unpaired) electrons. The molecule has 0 amide bonds. The van der Waals surface area contributed by atoms with Gasteiger partial charge in [-0.2, -0.15) is 5.26 Å². The van der Waals surface area contributed by atoms with Crippen molar-refractivity contribution in [3.63, 3.8) is 0 Å². The molecular formula is C16H14ClNO. The molecule has 2 aromatic rings. The lowest BCUT2D eigenvalue weighted by Gasteiger charge is -2.10. The highest BCUT2D eigenvalue weighted by Gasteiger charge is 2.11.